The molecule has 2 rings (SSSR count). The molecular weight excluding hydrogens is 254 g/mol. The second-order valence-corrected chi connectivity index (χ2v) is 6.13. The Labute approximate surface area is 122 Å². The first-order valence-electron chi connectivity index (χ1n) is 8.03. The van der Waals surface area contributed by atoms with E-state index in [1.807, 2.05) is 7.05 Å². The summed E-state index contributed by atoms with van der Waals surface area (Å²) in [6, 6.07) is 0.953. The number of hydrogen-bond acceptors (Lipinski definition) is 4. The third-order valence-corrected chi connectivity index (χ3v) is 4.27. The number of piperidine rings is 1. The quantitative estimate of drug-likeness (QED) is 0.755. The van der Waals surface area contributed by atoms with Crippen molar-refractivity contribution in [2.45, 2.75) is 50.6 Å². The molecule has 0 saturated carbocycles. The SMILES string of the molecule is CN(CCC1CCCCN1)CC(=O)NC1CCOCC1. The summed E-state index contributed by atoms with van der Waals surface area (Å²) in [5.41, 5.74) is 0. The molecule has 1 amide bonds. The Balaban J connectivity index is 1.57. The second kappa shape index (κ2) is 8.60. The molecule has 5 heteroatoms. The van der Waals surface area contributed by atoms with Crippen LogP contribution >= 0.6 is 0 Å². The smallest absolute Gasteiger partial charge is 0.234 e. The monoisotopic (exact) mass is 283 g/mol. The van der Waals surface area contributed by atoms with Crippen molar-refractivity contribution < 1.29 is 9.53 Å². The van der Waals surface area contributed by atoms with Gasteiger partial charge in [0.05, 0.1) is 6.54 Å². The Kier molecular flexibility index (Phi) is 6.76. The number of rotatable bonds is 6. The molecule has 2 heterocycles. The lowest BCUT2D eigenvalue weighted by atomic mass is 10.0. The van der Waals surface area contributed by atoms with Crippen LogP contribution in [0.1, 0.15) is 38.5 Å². The summed E-state index contributed by atoms with van der Waals surface area (Å²) in [4.78, 5) is 14.1. The summed E-state index contributed by atoms with van der Waals surface area (Å²) in [6.07, 6.45) is 6.96. The molecule has 116 valence electrons. The Hall–Kier alpha value is -0.650. The zero-order chi connectivity index (χ0) is 14.2. The Morgan fingerprint density at radius 1 is 1.30 bits per heavy atom. The number of amides is 1. The molecule has 0 aromatic heterocycles. The zero-order valence-electron chi connectivity index (χ0n) is 12.7. The number of likely N-dealkylation sites (N-methyl/N-ethyl adjacent to an activating group) is 1. The lowest BCUT2D eigenvalue weighted by Crippen LogP contribution is -2.44. The van der Waals surface area contributed by atoms with Gasteiger partial charge in [-0.1, -0.05) is 6.42 Å². The summed E-state index contributed by atoms with van der Waals surface area (Å²) in [5.74, 6) is 0.149. The van der Waals surface area contributed by atoms with Crippen LogP contribution in [0, 0.1) is 0 Å². The molecule has 5 nitrogen and oxygen atoms in total. The zero-order valence-corrected chi connectivity index (χ0v) is 12.7. The summed E-state index contributed by atoms with van der Waals surface area (Å²) >= 11 is 0. The topological polar surface area (TPSA) is 53.6 Å². The molecule has 2 saturated heterocycles. The highest BCUT2D eigenvalue weighted by Crippen LogP contribution is 2.10. The van der Waals surface area contributed by atoms with Gasteiger partial charge in [-0.15, -0.1) is 0 Å². The van der Waals surface area contributed by atoms with Gasteiger partial charge in [0.15, 0.2) is 0 Å². The minimum atomic E-state index is 0.149. The number of hydrogen-bond donors (Lipinski definition) is 2. The van der Waals surface area contributed by atoms with Crippen LogP contribution in [0.5, 0.6) is 0 Å². The van der Waals surface area contributed by atoms with Gasteiger partial charge < -0.3 is 15.4 Å². The minimum absolute atomic E-state index is 0.149. The van der Waals surface area contributed by atoms with Gasteiger partial charge in [-0.2, -0.15) is 0 Å². The van der Waals surface area contributed by atoms with E-state index in [2.05, 4.69) is 15.5 Å². The van der Waals surface area contributed by atoms with E-state index in [0.29, 0.717) is 18.6 Å². The summed E-state index contributed by atoms with van der Waals surface area (Å²) < 4.78 is 5.30. The van der Waals surface area contributed by atoms with Crippen LogP contribution in [0.25, 0.3) is 0 Å². The largest absolute Gasteiger partial charge is 0.381 e. The van der Waals surface area contributed by atoms with Gasteiger partial charge in [-0.05, 0) is 52.2 Å². The van der Waals surface area contributed by atoms with Crippen molar-refractivity contribution in [2.75, 3.05) is 39.9 Å². The number of ether oxygens (including phenoxy) is 1. The van der Waals surface area contributed by atoms with E-state index in [0.717, 1.165) is 45.6 Å². The van der Waals surface area contributed by atoms with Gasteiger partial charge in [-0.3, -0.25) is 9.69 Å². The molecule has 2 N–H and O–H groups in total. The van der Waals surface area contributed by atoms with E-state index < -0.39 is 0 Å². The highest BCUT2D eigenvalue weighted by molar-refractivity contribution is 5.78. The summed E-state index contributed by atoms with van der Waals surface area (Å²) in [5, 5.41) is 6.66. The van der Waals surface area contributed by atoms with Crippen LogP contribution in [0.4, 0.5) is 0 Å². The Morgan fingerprint density at radius 2 is 2.10 bits per heavy atom. The van der Waals surface area contributed by atoms with Crippen molar-refractivity contribution in [3.63, 3.8) is 0 Å². The third kappa shape index (κ3) is 5.77. The fourth-order valence-corrected chi connectivity index (χ4v) is 2.99. The van der Waals surface area contributed by atoms with Crippen LogP contribution in [0.15, 0.2) is 0 Å². The van der Waals surface area contributed by atoms with Gasteiger partial charge in [0, 0.05) is 25.3 Å². The molecule has 20 heavy (non-hydrogen) atoms. The Bertz CT molecular complexity index is 287. The molecule has 2 aliphatic rings. The van der Waals surface area contributed by atoms with Crippen molar-refractivity contribution >= 4 is 5.91 Å². The Morgan fingerprint density at radius 3 is 2.80 bits per heavy atom. The molecule has 0 aromatic rings. The first kappa shape index (κ1) is 15.7. The number of carbonyl (C=O) groups is 1. The lowest BCUT2D eigenvalue weighted by Gasteiger charge is -2.27. The fraction of sp³-hybridized carbons (Fsp3) is 0.933. The van der Waals surface area contributed by atoms with E-state index in [1.165, 1.54) is 19.3 Å². The van der Waals surface area contributed by atoms with Crippen molar-refractivity contribution in [2.24, 2.45) is 0 Å². The van der Waals surface area contributed by atoms with Crippen LogP contribution < -0.4 is 10.6 Å². The van der Waals surface area contributed by atoms with E-state index in [1.54, 1.807) is 0 Å². The maximum atomic E-state index is 12.0. The molecule has 0 bridgehead atoms. The number of nitrogens with zero attached hydrogens (tertiary/aromatic N) is 1. The molecule has 2 fully saturated rings. The van der Waals surface area contributed by atoms with Gasteiger partial charge >= 0.3 is 0 Å². The average Bonchev–Trinajstić information content (AvgIpc) is 2.47. The molecule has 0 radical (unpaired) electrons. The van der Waals surface area contributed by atoms with Crippen molar-refractivity contribution in [1.82, 2.24) is 15.5 Å². The molecule has 0 aliphatic carbocycles. The van der Waals surface area contributed by atoms with Gasteiger partial charge in [0.1, 0.15) is 0 Å². The lowest BCUT2D eigenvalue weighted by molar-refractivity contribution is -0.123. The molecule has 1 atom stereocenters. The predicted molar refractivity (Wildman–Crippen MR) is 79.7 cm³/mol. The predicted octanol–water partition coefficient (Wildman–Crippen LogP) is 0.746. The van der Waals surface area contributed by atoms with Gasteiger partial charge in [0.25, 0.3) is 0 Å². The second-order valence-electron chi connectivity index (χ2n) is 6.13. The van der Waals surface area contributed by atoms with E-state index in [-0.39, 0.29) is 5.91 Å². The first-order valence-corrected chi connectivity index (χ1v) is 8.03. The first-order chi connectivity index (χ1) is 9.74. The summed E-state index contributed by atoms with van der Waals surface area (Å²) in [6.45, 7) is 4.18. The minimum Gasteiger partial charge on any atom is -0.381 e. The van der Waals surface area contributed by atoms with Crippen LogP contribution in [-0.2, 0) is 9.53 Å². The third-order valence-electron chi connectivity index (χ3n) is 4.27. The van der Waals surface area contributed by atoms with Crippen molar-refractivity contribution in [3.05, 3.63) is 0 Å². The number of carbonyl (C=O) groups excluding carboxylic acids is 1. The van der Waals surface area contributed by atoms with E-state index in [9.17, 15) is 4.79 Å². The molecule has 1 unspecified atom stereocenters. The van der Waals surface area contributed by atoms with Crippen LogP contribution in [0.2, 0.25) is 0 Å². The van der Waals surface area contributed by atoms with E-state index >= 15 is 0 Å². The molecule has 2 aliphatic heterocycles. The maximum absolute atomic E-state index is 12.0. The molecular formula is C15H29N3O2. The maximum Gasteiger partial charge on any atom is 0.234 e. The van der Waals surface area contributed by atoms with Gasteiger partial charge in [0.2, 0.25) is 5.91 Å². The van der Waals surface area contributed by atoms with Crippen molar-refractivity contribution in [3.8, 4) is 0 Å². The van der Waals surface area contributed by atoms with Crippen LogP contribution in [0.3, 0.4) is 0 Å². The standard InChI is InChI=1S/C15H29N3O2/c1-18(9-5-13-4-2-3-8-16-13)12-15(19)17-14-6-10-20-11-7-14/h13-14,16H,2-12H2,1H3,(H,17,19). The van der Waals surface area contributed by atoms with Crippen LogP contribution in [-0.4, -0.2) is 62.8 Å². The molecule has 0 spiro atoms. The highest BCUT2D eigenvalue weighted by atomic mass is 16.5. The average molecular weight is 283 g/mol. The number of nitrogens with one attached hydrogen (secondary N) is 2. The fourth-order valence-electron chi connectivity index (χ4n) is 2.99. The highest BCUT2D eigenvalue weighted by Gasteiger charge is 2.17. The summed E-state index contributed by atoms with van der Waals surface area (Å²) in [7, 11) is 2.03. The van der Waals surface area contributed by atoms with E-state index in [4.69, 9.17) is 4.74 Å². The molecule has 0 aromatic carbocycles. The normalized spacial score (nSPS) is 24.8. The van der Waals surface area contributed by atoms with Gasteiger partial charge in [-0.25, -0.2) is 0 Å². The van der Waals surface area contributed by atoms with Crippen molar-refractivity contribution in [1.29, 1.82) is 0 Å².